The minimum Gasteiger partial charge on any atom is -0.342 e. The van der Waals surface area contributed by atoms with Crippen molar-refractivity contribution in [1.82, 2.24) is 9.97 Å². The Morgan fingerprint density at radius 1 is 1.50 bits per heavy atom. The van der Waals surface area contributed by atoms with Gasteiger partial charge in [-0.25, -0.2) is 9.37 Å². The molecule has 0 aliphatic carbocycles. The van der Waals surface area contributed by atoms with Gasteiger partial charge in [0.1, 0.15) is 11.6 Å². The fraction of sp³-hybridized carbons (Fsp3) is 0.308. The van der Waals surface area contributed by atoms with Crippen molar-refractivity contribution in [3.05, 3.63) is 40.5 Å². The van der Waals surface area contributed by atoms with Crippen molar-refractivity contribution >= 4 is 15.9 Å². The topological polar surface area (TPSA) is 54.7 Å². The van der Waals surface area contributed by atoms with E-state index in [0.29, 0.717) is 11.0 Å². The van der Waals surface area contributed by atoms with Gasteiger partial charge in [-0.3, -0.25) is 0 Å². The third-order valence-electron chi connectivity index (χ3n) is 2.98. The van der Waals surface area contributed by atoms with Crippen LogP contribution in [-0.2, 0) is 0 Å². The van der Waals surface area contributed by atoms with Crippen LogP contribution in [0.4, 0.5) is 4.39 Å². The maximum atomic E-state index is 13.0. The number of nitrogens with zero attached hydrogens (tertiary/aromatic N) is 1. The molecule has 1 atom stereocenters. The van der Waals surface area contributed by atoms with E-state index < -0.39 is 0 Å². The number of imidazole rings is 1. The van der Waals surface area contributed by atoms with Crippen LogP contribution < -0.4 is 5.73 Å². The third kappa shape index (κ3) is 2.62. The molecule has 3 N–H and O–H groups in total. The summed E-state index contributed by atoms with van der Waals surface area (Å²) in [6, 6.07) is 4.59. The summed E-state index contributed by atoms with van der Waals surface area (Å²) in [7, 11) is 0. The van der Waals surface area contributed by atoms with Gasteiger partial charge in [0.25, 0.3) is 0 Å². The SMILES string of the molecule is CCC(CN)c1ncc(-c2ccc(F)cc2Br)[nH]1. The van der Waals surface area contributed by atoms with E-state index in [0.717, 1.165) is 23.5 Å². The minimum absolute atomic E-state index is 0.234. The lowest BCUT2D eigenvalue weighted by molar-refractivity contribution is 0.627. The number of rotatable bonds is 4. The van der Waals surface area contributed by atoms with Crippen molar-refractivity contribution in [3.63, 3.8) is 0 Å². The Hall–Kier alpha value is -1.20. The van der Waals surface area contributed by atoms with Crippen LogP contribution in [0.3, 0.4) is 0 Å². The van der Waals surface area contributed by atoms with Crippen molar-refractivity contribution in [2.24, 2.45) is 5.73 Å². The monoisotopic (exact) mass is 311 g/mol. The van der Waals surface area contributed by atoms with Gasteiger partial charge >= 0.3 is 0 Å². The lowest BCUT2D eigenvalue weighted by Gasteiger charge is -2.08. The van der Waals surface area contributed by atoms with E-state index in [1.54, 1.807) is 12.3 Å². The maximum absolute atomic E-state index is 13.0. The predicted molar refractivity (Wildman–Crippen MR) is 73.8 cm³/mol. The van der Waals surface area contributed by atoms with Crippen LogP contribution in [0.25, 0.3) is 11.3 Å². The van der Waals surface area contributed by atoms with Gasteiger partial charge in [0, 0.05) is 22.5 Å². The van der Waals surface area contributed by atoms with E-state index >= 15 is 0 Å². The highest BCUT2D eigenvalue weighted by Gasteiger charge is 2.13. The number of aromatic nitrogens is 2. The molecule has 0 saturated heterocycles. The molecule has 0 aliphatic heterocycles. The molecule has 5 heteroatoms. The van der Waals surface area contributed by atoms with Crippen LogP contribution in [0.5, 0.6) is 0 Å². The van der Waals surface area contributed by atoms with Gasteiger partial charge in [0.15, 0.2) is 0 Å². The third-order valence-corrected chi connectivity index (χ3v) is 3.64. The number of hydrogen-bond donors (Lipinski definition) is 2. The smallest absolute Gasteiger partial charge is 0.124 e. The highest BCUT2D eigenvalue weighted by atomic mass is 79.9. The first-order valence-corrected chi connectivity index (χ1v) is 6.65. The van der Waals surface area contributed by atoms with Crippen LogP contribution in [0, 0.1) is 5.82 Å². The lowest BCUT2D eigenvalue weighted by atomic mass is 10.1. The Balaban J connectivity index is 2.34. The van der Waals surface area contributed by atoms with E-state index in [-0.39, 0.29) is 11.7 Å². The quantitative estimate of drug-likeness (QED) is 0.909. The molecule has 3 nitrogen and oxygen atoms in total. The average molecular weight is 312 g/mol. The molecule has 0 fully saturated rings. The van der Waals surface area contributed by atoms with Crippen LogP contribution in [0.1, 0.15) is 25.1 Å². The van der Waals surface area contributed by atoms with Crippen LogP contribution in [-0.4, -0.2) is 16.5 Å². The molecule has 0 aliphatic rings. The number of nitrogens with one attached hydrogen (secondary N) is 1. The molecule has 0 saturated carbocycles. The molecule has 1 unspecified atom stereocenters. The summed E-state index contributed by atoms with van der Waals surface area (Å²) >= 11 is 3.35. The highest BCUT2D eigenvalue weighted by Crippen LogP contribution is 2.28. The number of halogens is 2. The Kier molecular flexibility index (Phi) is 4.14. The Labute approximate surface area is 114 Å². The molecular formula is C13H15BrFN3. The predicted octanol–water partition coefficient (Wildman–Crippen LogP) is 3.43. The summed E-state index contributed by atoms with van der Waals surface area (Å²) in [5, 5.41) is 0. The molecule has 1 aromatic heterocycles. The van der Waals surface area contributed by atoms with Crippen molar-refractivity contribution in [2.75, 3.05) is 6.54 Å². The van der Waals surface area contributed by atoms with Crippen molar-refractivity contribution in [3.8, 4) is 11.3 Å². The van der Waals surface area contributed by atoms with Gasteiger partial charge in [-0.15, -0.1) is 0 Å². The second kappa shape index (κ2) is 5.63. The second-order valence-corrected chi connectivity index (χ2v) is 5.00. The molecule has 0 bridgehead atoms. The van der Waals surface area contributed by atoms with E-state index in [4.69, 9.17) is 5.73 Å². The van der Waals surface area contributed by atoms with E-state index in [9.17, 15) is 4.39 Å². The molecule has 2 aromatic rings. The summed E-state index contributed by atoms with van der Waals surface area (Å²) in [5.74, 6) is 0.850. The molecule has 0 amide bonds. The Bertz CT molecular complexity index is 535. The molecule has 2 rings (SSSR count). The molecule has 1 heterocycles. The number of benzene rings is 1. The summed E-state index contributed by atoms with van der Waals surface area (Å²) < 4.78 is 13.7. The summed E-state index contributed by atoms with van der Waals surface area (Å²) in [5.41, 5.74) is 7.45. The Morgan fingerprint density at radius 2 is 2.28 bits per heavy atom. The van der Waals surface area contributed by atoms with E-state index in [2.05, 4.69) is 32.8 Å². The zero-order chi connectivity index (χ0) is 13.1. The van der Waals surface area contributed by atoms with E-state index in [1.165, 1.54) is 12.1 Å². The standard InChI is InChI=1S/C13H15BrFN3/c1-2-8(6-16)13-17-7-12(18-13)10-4-3-9(15)5-11(10)14/h3-5,7-8H,2,6,16H2,1H3,(H,17,18). The van der Waals surface area contributed by atoms with Gasteiger partial charge in [-0.05, 0) is 40.5 Å². The van der Waals surface area contributed by atoms with E-state index in [1.807, 2.05) is 0 Å². The first kappa shape index (κ1) is 13.2. The average Bonchev–Trinajstić information content (AvgIpc) is 2.80. The van der Waals surface area contributed by atoms with Crippen LogP contribution >= 0.6 is 15.9 Å². The fourth-order valence-electron chi connectivity index (χ4n) is 1.86. The summed E-state index contributed by atoms with van der Waals surface area (Å²) in [6.45, 7) is 2.64. The number of hydrogen-bond acceptors (Lipinski definition) is 2. The number of H-pyrrole nitrogens is 1. The second-order valence-electron chi connectivity index (χ2n) is 4.15. The fourth-order valence-corrected chi connectivity index (χ4v) is 2.42. The summed E-state index contributed by atoms with van der Waals surface area (Å²) in [4.78, 5) is 7.60. The first-order chi connectivity index (χ1) is 8.65. The molecule has 1 aromatic carbocycles. The molecule has 0 radical (unpaired) electrons. The van der Waals surface area contributed by atoms with Gasteiger partial charge in [-0.2, -0.15) is 0 Å². The zero-order valence-electron chi connectivity index (χ0n) is 10.1. The molecule has 18 heavy (non-hydrogen) atoms. The lowest BCUT2D eigenvalue weighted by Crippen LogP contribution is -2.12. The first-order valence-electron chi connectivity index (χ1n) is 5.86. The molecule has 0 spiro atoms. The maximum Gasteiger partial charge on any atom is 0.124 e. The van der Waals surface area contributed by atoms with Crippen molar-refractivity contribution in [2.45, 2.75) is 19.3 Å². The van der Waals surface area contributed by atoms with Gasteiger partial charge in [0.2, 0.25) is 0 Å². The van der Waals surface area contributed by atoms with Gasteiger partial charge < -0.3 is 10.7 Å². The van der Waals surface area contributed by atoms with Gasteiger partial charge in [-0.1, -0.05) is 6.92 Å². The number of nitrogens with two attached hydrogens (primary N) is 1. The molecule has 96 valence electrons. The largest absolute Gasteiger partial charge is 0.342 e. The van der Waals surface area contributed by atoms with Crippen molar-refractivity contribution in [1.29, 1.82) is 0 Å². The number of aromatic amines is 1. The zero-order valence-corrected chi connectivity index (χ0v) is 11.7. The summed E-state index contributed by atoms with van der Waals surface area (Å²) in [6.07, 6.45) is 2.69. The minimum atomic E-state index is -0.265. The van der Waals surface area contributed by atoms with Crippen LogP contribution in [0.2, 0.25) is 0 Å². The normalized spacial score (nSPS) is 12.7. The Morgan fingerprint density at radius 3 is 2.89 bits per heavy atom. The van der Waals surface area contributed by atoms with Crippen LogP contribution in [0.15, 0.2) is 28.9 Å². The van der Waals surface area contributed by atoms with Gasteiger partial charge in [0.05, 0.1) is 11.9 Å². The molecular weight excluding hydrogens is 297 g/mol. The van der Waals surface area contributed by atoms with Crippen molar-refractivity contribution < 1.29 is 4.39 Å². The highest BCUT2D eigenvalue weighted by molar-refractivity contribution is 9.10.